The van der Waals surface area contributed by atoms with Crippen molar-refractivity contribution in [1.82, 2.24) is 20.1 Å². The summed E-state index contributed by atoms with van der Waals surface area (Å²) >= 11 is 0. The highest BCUT2D eigenvalue weighted by Crippen LogP contribution is 2.12. The second kappa shape index (κ2) is 6.18. The predicted molar refractivity (Wildman–Crippen MR) is 77.5 cm³/mol. The van der Waals surface area contributed by atoms with Gasteiger partial charge in [0.1, 0.15) is 6.33 Å². The zero-order valence-corrected chi connectivity index (χ0v) is 11.9. The summed E-state index contributed by atoms with van der Waals surface area (Å²) in [6.45, 7) is 4.77. The minimum atomic E-state index is -0.191. The highest BCUT2D eigenvalue weighted by Gasteiger charge is 2.15. The molecule has 0 saturated carbocycles. The van der Waals surface area contributed by atoms with Crippen LogP contribution in [0, 0.1) is 0 Å². The Balaban J connectivity index is 2.03. The molecule has 0 aliphatic rings. The van der Waals surface area contributed by atoms with Gasteiger partial charge < -0.3 is 15.2 Å². The van der Waals surface area contributed by atoms with Gasteiger partial charge in [0.05, 0.1) is 6.04 Å². The van der Waals surface area contributed by atoms with Crippen molar-refractivity contribution in [2.24, 2.45) is 7.05 Å². The third kappa shape index (κ3) is 3.14. The topological polar surface area (TPSA) is 71.8 Å². The zero-order chi connectivity index (χ0) is 14.5. The van der Waals surface area contributed by atoms with E-state index >= 15 is 0 Å². The van der Waals surface area contributed by atoms with E-state index in [-0.39, 0.29) is 11.9 Å². The number of nitrogens with zero attached hydrogens (tertiary/aromatic N) is 3. The van der Waals surface area contributed by atoms with Crippen LogP contribution < -0.4 is 10.6 Å². The van der Waals surface area contributed by atoms with Crippen molar-refractivity contribution >= 4 is 11.6 Å². The van der Waals surface area contributed by atoms with Crippen LogP contribution in [-0.4, -0.2) is 27.2 Å². The summed E-state index contributed by atoms with van der Waals surface area (Å²) in [6, 6.07) is 7.20. The maximum atomic E-state index is 12.1. The monoisotopic (exact) mass is 273 g/mol. The normalized spacial score (nSPS) is 11.9. The van der Waals surface area contributed by atoms with E-state index in [2.05, 4.69) is 20.8 Å². The third-order valence-corrected chi connectivity index (χ3v) is 3.01. The Bertz CT molecular complexity index is 576. The molecule has 0 aliphatic heterocycles. The molecule has 0 saturated heterocycles. The average molecular weight is 273 g/mol. The van der Waals surface area contributed by atoms with Crippen LogP contribution in [0.3, 0.4) is 0 Å². The number of carbonyl (C=O) groups is 1. The van der Waals surface area contributed by atoms with E-state index in [0.29, 0.717) is 5.56 Å². The minimum absolute atomic E-state index is 0.122. The molecule has 1 amide bonds. The lowest BCUT2D eigenvalue weighted by Crippen LogP contribution is -2.28. The molecule has 20 heavy (non-hydrogen) atoms. The molecule has 1 aromatic heterocycles. The first-order chi connectivity index (χ1) is 9.61. The lowest BCUT2D eigenvalue weighted by Gasteiger charge is -2.13. The highest BCUT2D eigenvalue weighted by atomic mass is 16.1. The van der Waals surface area contributed by atoms with Crippen LogP contribution in [0.15, 0.2) is 30.6 Å². The summed E-state index contributed by atoms with van der Waals surface area (Å²) in [5.74, 6) is 0.603. The first kappa shape index (κ1) is 14.0. The summed E-state index contributed by atoms with van der Waals surface area (Å²) in [7, 11) is 1.85. The fourth-order valence-corrected chi connectivity index (χ4v) is 1.97. The lowest BCUT2D eigenvalue weighted by molar-refractivity contribution is 0.0938. The third-order valence-electron chi connectivity index (χ3n) is 3.01. The van der Waals surface area contributed by atoms with Crippen molar-refractivity contribution < 1.29 is 4.79 Å². The van der Waals surface area contributed by atoms with Gasteiger partial charge in [-0.2, -0.15) is 0 Å². The van der Waals surface area contributed by atoms with Crippen molar-refractivity contribution in [2.45, 2.75) is 19.9 Å². The Hall–Kier alpha value is -2.37. The second-order valence-electron chi connectivity index (χ2n) is 4.60. The van der Waals surface area contributed by atoms with Crippen molar-refractivity contribution in [1.29, 1.82) is 0 Å². The van der Waals surface area contributed by atoms with Gasteiger partial charge in [-0.15, -0.1) is 10.2 Å². The maximum absolute atomic E-state index is 12.1. The standard InChI is InChI=1S/C14H19N5O/c1-4-15-12-7-5-11(6-8-12)14(20)17-10(2)13-18-16-9-19(13)3/h5-10,15H,4H2,1-3H3,(H,17,20). The van der Waals surface area contributed by atoms with Gasteiger partial charge in [0.15, 0.2) is 5.82 Å². The summed E-state index contributed by atoms with van der Waals surface area (Å²) in [4.78, 5) is 12.1. The van der Waals surface area contributed by atoms with E-state index in [0.717, 1.165) is 18.1 Å². The van der Waals surface area contributed by atoms with Gasteiger partial charge in [0, 0.05) is 24.8 Å². The molecule has 6 heteroatoms. The van der Waals surface area contributed by atoms with Crippen molar-refractivity contribution in [2.75, 3.05) is 11.9 Å². The molecule has 1 aromatic carbocycles. The molecule has 6 nitrogen and oxygen atoms in total. The molecule has 0 spiro atoms. The lowest BCUT2D eigenvalue weighted by atomic mass is 10.1. The molecular weight excluding hydrogens is 254 g/mol. The van der Waals surface area contributed by atoms with Crippen LogP contribution >= 0.6 is 0 Å². The van der Waals surface area contributed by atoms with Gasteiger partial charge >= 0.3 is 0 Å². The van der Waals surface area contributed by atoms with Gasteiger partial charge in [0.2, 0.25) is 0 Å². The van der Waals surface area contributed by atoms with Gasteiger partial charge in [-0.1, -0.05) is 0 Å². The Morgan fingerprint density at radius 3 is 2.60 bits per heavy atom. The highest BCUT2D eigenvalue weighted by molar-refractivity contribution is 5.94. The van der Waals surface area contributed by atoms with Crippen LogP contribution in [0.2, 0.25) is 0 Å². The molecule has 2 rings (SSSR count). The molecule has 2 N–H and O–H groups in total. The van der Waals surface area contributed by atoms with Crippen molar-refractivity contribution in [3.05, 3.63) is 42.0 Å². The smallest absolute Gasteiger partial charge is 0.251 e. The van der Waals surface area contributed by atoms with Crippen LogP contribution in [0.5, 0.6) is 0 Å². The molecule has 0 aliphatic carbocycles. The number of hydrogen-bond acceptors (Lipinski definition) is 4. The number of hydrogen-bond donors (Lipinski definition) is 2. The molecule has 0 radical (unpaired) electrons. The average Bonchev–Trinajstić information content (AvgIpc) is 2.86. The number of amides is 1. The van der Waals surface area contributed by atoms with Crippen LogP contribution in [0.1, 0.15) is 36.1 Å². The fraction of sp³-hybridized carbons (Fsp3) is 0.357. The zero-order valence-electron chi connectivity index (χ0n) is 11.9. The first-order valence-electron chi connectivity index (χ1n) is 6.60. The van der Waals surface area contributed by atoms with E-state index in [1.165, 1.54) is 0 Å². The molecule has 0 bridgehead atoms. The number of benzene rings is 1. The molecular formula is C14H19N5O. The van der Waals surface area contributed by atoms with E-state index in [1.54, 1.807) is 23.0 Å². The number of anilines is 1. The Labute approximate surface area is 118 Å². The van der Waals surface area contributed by atoms with Crippen molar-refractivity contribution in [3.63, 3.8) is 0 Å². The quantitative estimate of drug-likeness (QED) is 0.870. The van der Waals surface area contributed by atoms with Gasteiger partial charge in [-0.05, 0) is 38.1 Å². The number of aromatic nitrogens is 3. The second-order valence-corrected chi connectivity index (χ2v) is 4.60. The molecule has 106 valence electrons. The van der Waals surface area contributed by atoms with Crippen molar-refractivity contribution in [3.8, 4) is 0 Å². The van der Waals surface area contributed by atoms with Gasteiger partial charge in [-0.3, -0.25) is 4.79 Å². The van der Waals surface area contributed by atoms with Crippen LogP contribution in [0.4, 0.5) is 5.69 Å². The van der Waals surface area contributed by atoms with Gasteiger partial charge in [-0.25, -0.2) is 0 Å². The fourth-order valence-electron chi connectivity index (χ4n) is 1.97. The van der Waals surface area contributed by atoms with Crippen LogP contribution in [-0.2, 0) is 7.05 Å². The summed E-state index contributed by atoms with van der Waals surface area (Å²) in [5, 5.41) is 13.9. The molecule has 1 unspecified atom stereocenters. The van der Waals surface area contributed by atoms with E-state index in [1.807, 2.05) is 33.0 Å². The Morgan fingerprint density at radius 2 is 2.05 bits per heavy atom. The first-order valence-corrected chi connectivity index (χ1v) is 6.60. The number of carbonyl (C=O) groups excluding carboxylic acids is 1. The molecule has 2 aromatic rings. The van der Waals surface area contributed by atoms with E-state index in [4.69, 9.17) is 0 Å². The van der Waals surface area contributed by atoms with E-state index < -0.39 is 0 Å². The van der Waals surface area contributed by atoms with E-state index in [9.17, 15) is 4.79 Å². The number of nitrogens with one attached hydrogen (secondary N) is 2. The largest absolute Gasteiger partial charge is 0.385 e. The molecule has 1 atom stereocenters. The summed E-state index contributed by atoms with van der Waals surface area (Å²) in [5.41, 5.74) is 1.63. The Kier molecular flexibility index (Phi) is 4.34. The molecule has 1 heterocycles. The van der Waals surface area contributed by atoms with Crippen LogP contribution in [0.25, 0.3) is 0 Å². The number of aryl methyl sites for hydroxylation is 1. The maximum Gasteiger partial charge on any atom is 0.251 e. The summed E-state index contributed by atoms with van der Waals surface area (Å²) in [6.07, 6.45) is 1.61. The summed E-state index contributed by atoms with van der Waals surface area (Å²) < 4.78 is 1.79. The predicted octanol–water partition coefficient (Wildman–Crippen LogP) is 1.74. The van der Waals surface area contributed by atoms with Gasteiger partial charge in [0.25, 0.3) is 5.91 Å². The SMILES string of the molecule is CCNc1ccc(C(=O)NC(C)c2nncn2C)cc1. The Morgan fingerprint density at radius 1 is 1.35 bits per heavy atom. The molecule has 0 fully saturated rings. The minimum Gasteiger partial charge on any atom is -0.385 e. The number of rotatable bonds is 5.